The number of aromatic amines is 2. The minimum atomic E-state index is -1.06. The van der Waals surface area contributed by atoms with Crippen molar-refractivity contribution in [1.82, 2.24) is 20.8 Å². The normalized spacial score (nSPS) is 13.4. The number of para-hydroxylation sites is 2. The Morgan fingerprint density at radius 3 is 1.90 bits per heavy atom. The Bertz CT molecular complexity index is 1210. The molecule has 160 valence electrons. The third-order valence-corrected chi connectivity index (χ3v) is 5.50. The van der Waals surface area contributed by atoms with Crippen LogP contribution in [0.3, 0.4) is 0 Å². The molecule has 4 aromatic rings. The van der Waals surface area contributed by atoms with Crippen LogP contribution in [0.5, 0.6) is 0 Å². The first-order valence-electron chi connectivity index (χ1n) is 10.1. The summed E-state index contributed by atoms with van der Waals surface area (Å²) in [7, 11) is 0. The minimum Gasteiger partial charge on any atom is -0.480 e. The van der Waals surface area contributed by atoms with Gasteiger partial charge in [0.15, 0.2) is 0 Å². The van der Waals surface area contributed by atoms with Crippen molar-refractivity contribution >= 4 is 33.7 Å². The van der Waals surface area contributed by atoms with Crippen LogP contribution < -0.4 is 10.9 Å². The van der Waals surface area contributed by atoms with Gasteiger partial charge in [0.1, 0.15) is 12.1 Å². The van der Waals surface area contributed by atoms with Crippen LogP contribution in [-0.2, 0) is 22.4 Å². The van der Waals surface area contributed by atoms with Crippen molar-refractivity contribution in [3.8, 4) is 0 Å². The molecular weight excluding hydrogens is 396 g/mol. The highest BCUT2D eigenvalue weighted by Gasteiger charge is 2.23. The predicted octanol–water partition coefficient (Wildman–Crippen LogP) is 2.83. The van der Waals surface area contributed by atoms with Crippen molar-refractivity contribution in [2.75, 3.05) is 0 Å². The molecule has 8 nitrogen and oxygen atoms in total. The van der Waals surface area contributed by atoms with E-state index in [4.69, 9.17) is 0 Å². The van der Waals surface area contributed by atoms with Crippen molar-refractivity contribution in [1.29, 1.82) is 0 Å². The molecule has 2 heterocycles. The number of hydrogen-bond acceptors (Lipinski definition) is 4. The number of fused-ring (bicyclic) bond motifs is 2. The summed E-state index contributed by atoms with van der Waals surface area (Å²) in [5, 5.41) is 21.2. The number of aryl methyl sites for hydroxylation is 1. The van der Waals surface area contributed by atoms with Crippen molar-refractivity contribution in [3.05, 3.63) is 72.1 Å². The summed E-state index contributed by atoms with van der Waals surface area (Å²) >= 11 is 0. The molecule has 0 fully saturated rings. The summed E-state index contributed by atoms with van der Waals surface area (Å²) in [5.41, 5.74) is 9.24. The predicted molar refractivity (Wildman–Crippen MR) is 118 cm³/mol. The standard InChI is InChI=1S/C23H24N4O4/c28-22(29)20(10-9-14-12-24-18-7-3-1-5-16(14)18)26-27-21(23(30)31)11-15-13-25-19-8-4-2-6-17(15)19/h1-8,12-13,20-21,24-27H,9-11H2,(H,28,29)(H,30,31)/t20-,21-/m0/s1. The highest BCUT2D eigenvalue weighted by molar-refractivity contribution is 5.85. The summed E-state index contributed by atoms with van der Waals surface area (Å²) in [6, 6.07) is 13.6. The molecular formula is C23H24N4O4. The topological polar surface area (TPSA) is 130 Å². The number of carboxylic acids is 2. The van der Waals surface area contributed by atoms with Crippen molar-refractivity contribution in [2.24, 2.45) is 0 Å². The average Bonchev–Trinajstić information content (AvgIpc) is 3.36. The van der Waals surface area contributed by atoms with Gasteiger partial charge in [-0.15, -0.1) is 0 Å². The van der Waals surface area contributed by atoms with E-state index in [0.29, 0.717) is 12.8 Å². The van der Waals surface area contributed by atoms with E-state index >= 15 is 0 Å². The second kappa shape index (κ2) is 9.03. The lowest BCUT2D eigenvalue weighted by Gasteiger charge is -2.20. The van der Waals surface area contributed by atoms with E-state index in [1.54, 1.807) is 6.20 Å². The van der Waals surface area contributed by atoms with E-state index in [-0.39, 0.29) is 6.42 Å². The van der Waals surface area contributed by atoms with Crippen LogP contribution in [0, 0.1) is 0 Å². The summed E-state index contributed by atoms with van der Waals surface area (Å²) in [6.07, 6.45) is 4.72. The summed E-state index contributed by atoms with van der Waals surface area (Å²) in [6.45, 7) is 0. The molecule has 0 amide bonds. The van der Waals surface area contributed by atoms with E-state index in [1.165, 1.54) is 0 Å². The van der Waals surface area contributed by atoms with Gasteiger partial charge in [0.2, 0.25) is 0 Å². The fraction of sp³-hybridized carbons (Fsp3) is 0.217. The van der Waals surface area contributed by atoms with Gasteiger partial charge in [-0.3, -0.25) is 9.59 Å². The van der Waals surface area contributed by atoms with Gasteiger partial charge in [-0.05, 0) is 36.1 Å². The lowest BCUT2D eigenvalue weighted by molar-refractivity contribution is -0.143. The van der Waals surface area contributed by atoms with Crippen LogP contribution in [0.4, 0.5) is 0 Å². The Labute approximate surface area is 178 Å². The molecule has 31 heavy (non-hydrogen) atoms. The molecule has 2 aromatic heterocycles. The molecule has 2 atom stereocenters. The number of benzene rings is 2. The van der Waals surface area contributed by atoms with Crippen molar-refractivity contribution < 1.29 is 19.8 Å². The number of aliphatic carboxylic acids is 2. The number of aromatic nitrogens is 2. The highest BCUT2D eigenvalue weighted by atomic mass is 16.4. The maximum absolute atomic E-state index is 11.8. The van der Waals surface area contributed by atoms with E-state index in [2.05, 4.69) is 20.8 Å². The molecule has 0 aliphatic carbocycles. The molecule has 6 N–H and O–H groups in total. The molecule has 0 spiro atoms. The first-order chi connectivity index (χ1) is 15.0. The lowest BCUT2D eigenvalue weighted by atomic mass is 10.0. The zero-order valence-corrected chi connectivity index (χ0v) is 16.8. The zero-order valence-electron chi connectivity index (χ0n) is 16.8. The summed E-state index contributed by atoms with van der Waals surface area (Å²) in [4.78, 5) is 29.8. The van der Waals surface area contributed by atoms with Gasteiger partial charge in [0.25, 0.3) is 0 Å². The first kappa shape index (κ1) is 20.6. The van der Waals surface area contributed by atoms with Gasteiger partial charge in [0.05, 0.1) is 0 Å². The fourth-order valence-corrected chi connectivity index (χ4v) is 3.82. The van der Waals surface area contributed by atoms with E-state index in [1.807, 2.05) is 54.7 Å². The summed E-state index contributed by atoms with van der Waals surface area (Å²) in [5.74, 6) is -2.10. The Balaban J connectivity index is 1.40. The number of hydrogen-bond donors (Lipinski definition) is 6. The van der Waals surface area contributed by atoms with Crippen LogP contribution in [-0.4, -0.2) is 44.2 Å². The molecule has 0 unspecified atom stereocenters. The number of hydrazine groups is 1. The molecule has 0 saturated carbocycles. The number of H-pyrrole nitrogens is 2. The molecule has 0 aliphatic heterocycles. The van der Waals surface area contributed by atoms with E-state index < -0.39 is 24.0 Å². The van der Waals surface area contributed by atoms with Crippen molar-refractivity contribution in [3.63, 3.8) is 0 Å². The van der Waals surface area contributed by atoms with E-state index in [9.17, 15) is 19.8 Å². The Kier molecular flexibility index (Phi) is 6.01. The van der Waals surface area contributed by atoms with Crippen LogP contribution in [0.15, 0.2) is 60.9 Å². The highest BCUT2D eigenvalue weighted by Crippen LogP contribution is 2.20. The molecule has 0 saturated heterocycles. The Morgan fingerprint density at radius 1 is 0.774 bits per heavy atom. The number of rotatable bonds is 10. The number of nitrogens with one attached hydrogen (secondary N) is 4. The lowest BCUT2D eigenvalue weighted by Crippen LogP contribution is -2.53. The van der Waals surface area contributed by atoms with Crippen LogP contribution in [0.25, 0.3) is 21.8 Å². The van der Waals surface area contributed by atoms with Gasteiger partial charge >= 0.3 is 11.9 Å². The maximum Gasteiger partial charge on any atom is 0.322 e. The minimum absolute atomic E-state index is 0.209. The van der Waals surface area contributed by atoms with Crippen LogP contribution >= 0.6 is 0 Å². The fourth-order valence-electron chi connectivity index (χ4n) is 3.82. The van der Waals surface area contributed by atoms with Gasteiger partial charge in [0, 0.05) is 40.6 Å². The first-order valence-corrected chi connectivity index (χ1v) is 10.1. The van der Waals surface area contributed by atoms with Gasteiger partial charge in [-0.2, -0.15) is 0 Å². The largest absolute Gasteiger partial charge is 0.480 e. The smallest absolute Gasteiger partial charge is 0.322 e. The average molecular weight is 420 g/mol. The Morgan fingerprint density at radius 2 is 1.29 bits per heavy atom. The van der Waals surface area contributed by atoms with Crippen LogP contribution in [0.1, 0.15) is 17.5 Å². The second-order valence-corrected chi connectivity index (χ2v) is 7.53. The Hall–Kier alpha value is -3.62. The third-order valence-electron chi connectivity index (χ3n) is 5.50. The molecule has 2 aromatic carbocycles. The molecule has 0 bridgehead atoms. The molecule has 4 rings (SSSR count). The molecule has 0 aliphatic rings. The second-order valence-electron chi connectivity index (χ2n) is 7.53. The SMILES string of the molecule is O=C(O)[C@H](CCc1c[nH]c2ccccc12)NN[C@@H](Cc1c[nH]c2ccccc12)C(=O)O. The third kappa shape index (κ3) is 4.60. The van der Waals surface area contributed by atoms with Gasteiger partial charge in [-0.1, -0.05) is 36.4 Å². The van der Waals surface area contributed by atoms with Crippen molar-refractivity contribution in [2.45, 2.75) is 31.3 Å². The monoisotopic (exact) mass is 420 g/mol. The molecule has 0 radical (unpaired) electrons. The summed E-state index contributed by atoms with van der Waals surface area (Å²) < 4.78 is 0. The quantitative estimate of drug-likeness (QED) is 0.219. The zero-order chi connectivity index (χ0) is 21.8. The number of carbonyl (C=O) groups is 2. The van der Waals surface area contributed by atoms with Gasteiger partial charge in [-0.25, -0.2) is 10.9 Å². The maximum atomic E-state index is 11.8. The number of carboxylic acid groups (broad SMARTS) is 2. The van der Waals surface area contributed by atoms with Crippen LogP contribution in [0.2, 0.25) is 0 Å². The molecule has 8 heteroatoms. The van der Waals surface area contributed by atoms with E-state index in [0.717, 1.165) is 32.9 Å². The van der Waals surface area contributed by atoms with Gasteiger partial charge < -0.3 is 20.2 Å².